The van der Waals surface area contributed by atoms with E-state index in [0.29, 0.717) is 6.04 Å². The first-order valence-electron chi connectivity index (χ1n) is 6.60. The zero-order valence-corrected chi connectivity index (χ0v) is 10.9. The number of hydrogen-bond donors (Lipinski definition) is 2. The summed E-state index contributed by atoms with van der Waals surface area (Å²) in [7, 11) is 0. The predicted octanol–water partition coefficient (Wildman–Crippen LogP) is 1.93. The topological polar surface area (TPSA) is 41.1 Å². The van der Waals surface area contributed by atoms with Crippen molar-refractivity contribution < 1.29 is 4.79 Å². The van der Waals surface area contributed by atoms with Gasteiger partial charge in [0.05, 0.1) is 0 Å². The highest BCUT2D eigenvalue weighted by molar-refractivity contribution is 5.78. The summed E-state index contributed by atoms with van der Waals surface area (Å²) >= 11 is 0. The second-order valence-electron chi connectivity index (χ2n) is 5.36. The number of nitrogens with one attached hydrogen (secondary N) is 2. The Kier molecular flexibility index (Phi) is 5.81. The van der Waals surface area contributed by atoms with Crippen molar-refractivity contribution in [3.05, 3.63) is 0 Å². The molecule has 0 heterocycles. The molecule has 0 aromatic carbocycles. The van der Waals surface area contributed by atoms with Crippen LogP contribution in [0.1, 0.15) is 46.5 Å². The summed E-state index contributed by atoms with van der Waals surface area (Å²) in [5, 5.41) is 6.32. The first kappa shape index (κ1) is 13.5. The molecule has 3 nitrogen and oxygen atoms in total. The average molecular weight is 226 g/mol. The van der Waals surface area contributed by atoms with Crippen LogP contribution in [0.2, 0.25) is 0 Å². The van der Waals surface area contributed by atoms with E-state index in [1.54, 1.807) is 0 Å². The predicted molar refractivity (Wildman–Crippen MR) is 67.3 cm³/mol. The fourth-order valence-corrected chi connectivity index (χ4v) is 2.21. The molecule has 16 heavy (non-hydrogen) atoms. The van der Waals surface area contributed by atoms with Gasteiger partial charge in [-0.3, -0.25) is 4.79 Å². The minimum atomic E-state index is 0.262. The van der Waals surface area contributed by atoms with Gasteiger partial charge < -0.3 is 10.6 Å². The maximum absolute atomic E-state index is 11.8. The van der Waals surface area contributed by atoms with Gasteiger partial charge in [-0.15, -0.1) is 0 Å². The molecule has 0 aliphatic heterocycles. The number of carbonyl (C=O) groups is 1. The Morgan fingerprint density at radius 2 is 1.81 bits per heavy atom. The molecule has 1 aliphatic carbocycles. The Bertz CT molecular complexity index is 208. The van der Waals surface area contributed by atoms with Crippen LogP contribution in [0.15, 0.2) is 0 Å². The normalized spacial score (nSPS) is 25.8. The van der Waals surface area contributed by atoms with Gasteiger partial charge in [0.1, 0.15) is 0 Å². The minimum absolute atomic E-state index is 0.262. The number of rotatable bonds is 5. The summed E-state index contributed by atoms with van der Waals surface area (Å²) in [4.78, 5) is 11.8. The lowest BCUT2D eigenvalue weighted by molar-refractivity contribution is -0.126. The number of amides is 1. The van der Waals surface area contributed by atoms with Crippen LogP contribution >= 0.6 is 0 Å². The molecule has 94 valence electrons. The van der Waals surface area contributed by atoms with Crippen LogP contribution in [-0.4, -0.2) is 25.0 Å². The van der Waals surface area contributed by atoms with Gasteiger partial charge in [0.2, 0.25) is 5.91 Å². The van der Waals surface area contributed by atoms with Crippen molar-refractivity contribution in [1.29, 1.82) is 0 Å². The molecular formula is C13H26N2O. The van der Waals surface area contributed by atoms with E-state index in [1.807, 2.05) is 0 Å². The van der Waals surface area contributed by atoms with E-state index < -0.39 is 0 Å². The van der Waals surface area contributed by atoms with Gasteiger partial charge >= 0.3 is 0 Å². The molecule has 0 aromatic heterocycles. The minimum Gasteiger partial charge on any atom is -0.355 e. The van der Waals surface area contributed by atoms with Gasteiger partial charge in [0.25, 0.3) is 0 Å². The molecule has 0 saturated heterocycles. The first-order valence-corrected chi connectivity index (χ1v) is 6.60. The number of hydrogen-bond acceptors (Lipinski definition) is 2. The molecule has 1 amide bonds. The van der Waals surface area contributed by atoms with E-state index in [4.69, 9.17) is 0 Å². The Hall–Kier alpha value is -0.570. The molecule has 1 aliphatic rings. The molecule has 0 radical (unpaired) electrons. The van der Waals surface area contributed by atoms with Crippen molar-refractivity contribution in [1.82, 2.24) is 10.6 Å². The monoisotopic (exact) mass is 226 g/mol. The summed E-state index contributed by atoms with van der Waals surface area (Å²) < 4.78 is 0. The lowest BCUT2D eigenvalue weighted by Crippen LogP contribution is -2.38. The maximum atomic E-state index is 11.8. The molecular weight excluding hydrogens is 200 g/mol. The third-order valence-electron chi connectivity index (χ3n) is 3.36. The molecule has 3 heteroatoms. The zero-order valence-electron chi connectivity index (χ0n) is 10.9. The number of carbonyl (C=O) groups excluding carboxylic acids is 1. The van der Waals surface area contributed by atoms with E-state index in [1.165, 1.54) is 12.8 Å². The maximum Gasteiger partial charge on any atom is 0.223 e. The fourth-order valence-electron chi connectivity index (χ4n) is 2.21. The van der Waals surface area contributed by atoms with Crippen LogP contribution < -0.4 is 10.6 Å². The zero-order chi connectivity index (χ0) is 12.0. The van der Waals surface area contributed by atoms with Crippen LogP contribution in [0, 0.1) is 11.8 Å². The Labute approximate surface area is 99.4 Å². The van der Waals surface area contributed by atoms with Crippen molar-refractivity contribution in [2.24, 2.45) is 11.8 Å². The first-order chi connectivity index (χ1) is 7.59. The molecule has 0 atom stereocenters. The largest absolute Gasteiger partial charge is 0.355 e. The molecule has 0 bridgehead atoms. The Morgan fingerprint density at radius 3 is 2.38 bits per heavy atom. The van der Waals surface area contributed by atoms with Crippen LogP contribution in [-0.2, 0) is 4.79 Å². The molecule has 0 unspecified atom stereocenters. The van der Waals surface area contributed by atoms with Crippen molar-refractivity contribution in [2.75, 3.05) is 13.1 Å². The van der Waals surface area contributed by atoms with Gasteiger partial charge in [-0.2, -0.15) is 0 Å². The molecule has 1 fully saturated rings. The van der Waals surface area contributed by atoms with Crippen LogP contribution in [0.4, 0.5) is 0 Å². The van der Waals surface area contributed by atoms with E-state index in [9.17, 15) is 4.79 Å². The molecule has 1 rings (SSSR count). The highest BCUT2D eigenvalue weighted by atomic mass is 16.1. The fraction of sp³-hybridized carbons (Fsp3) is 0.923. The molecule has 2 N–H and O–H groups in total. The van der Waals surface area contributed by atoms with Crippen molar-refractivity contribution in [3.8, 4) is 0 Å². The SMILES string of the molecule is CC1CCC(C(=O)NCCNC(C)C)CC1. The summed E-state index contributed by atoms with van der Waals surface area (Å²) in [5.74, 6) is 1.35. The Balaban J connectivity index is 2.10. The van der Waals surface area contributed by atoms with Gasteiger partial charge in [0.15, 0.2) is 0 Å². The molecule has 0 aromatic rings. The highest BCUT2D eigenvalue weighted by Gasteiger charge is 2.23. The summed E-state index contributed by atoms with van der Waals surface area (Å²) in [6, 6.07) is 0.493. The van der Waals surface area contributed by atoms with Crippen LogP contribution in [0.25, 0.3) is 0 Å². The van der Waals surface area contributed by atoms with E-state index in [-0.39, 0.29) is 11.8 Å². The van der Waals surface area contributed by atoms with Crippen molar-refractivity contribution in [3.63, 3.8) is 0 Å². The lowest BCUT2D eigenvalue weighted by atomic mass is 9.82. The summed E-state index contributed by atoms with van der Waals surface area (Å²) in [6.07, 6.45) is 4.57. The van der Waals surface area contributed by atoms with Crippen LogP contribution in [0.3, 0.4) is 0 Å². The van der Waals surface area contributed by atoms with E-state index in [2.05, 4.69) is 31.4 Å². The molecule has 1 saturated carbocycles. The van der Waals surface area contributed by atoms with Gasteiger partial charge in [0, 0.05) is 25.0 Å². The lowest BCUT2D eigenvalue weighted by Gasteiger charge is -2.25. The van der Waals surface area contributed by atoms with E-state index in [0.717, 1.165) is 31.8 Å². The van der Waals surface area contributed by atoms with Gasteiger partial charge in [-0.05, 0) is 31.6 Å². The second kappa shape index (κ2) is 6.89. The smallest absolute Gasteiger partial charge is 0.223 e. The Morgan fingerprint density at radius 1 is 1.19 bits per heavy atom. The summed E-state index contributed by atoms with van der Waals surface area (Å²) in [5.41, 5.74) is 0. The van der Waals surface area contributed by atoms with E-state index >= 15 is 0 Å². The average Bonchev–Trinajstić information content (AvgIpc) is 2.25. The summed E-state index contributed by atoms with van der Waals surface area (Å²) in [6.45, 7) is 8.13. The quantitative estimate of drug-likeness (QED) is 0.703. The third-order valence-corrected chi connectivity index (χ3v) is 3.36. The van der Waals surface area contributed by atoms with Gasteiger partial charge in [-0.1, -0.05) is 20.8 Å². The molecule has 0 spiro atoms. The van der Waals surface area contributed by atoms with Crippen molar-refractivity contribution >= 4 is 5.91 Å². The highest BCUT2D eigenvalue weighted by Crippen LogP contribution is 2.28. The standard InChI is InChI=1S/C13H26N2O/c1-10(2)14-8-9-15-13(16)12-6-4-11(3)5-7-12/h10-12,14H,4-9H2,1-3H3,(H,15,16). The van der Waals surface area contributed by atoms with Crippen molar-refractivity contribution in [2.45, 2.75) is 52.5 Å². The van der Waals surface area contributed by atoms with Crippen LogP contribution in [0.5, 0.6) is 0 Å². The second-order valence-corrected chi connectivity index (χ2v) is 5.36. The third kappa shape index (κ3) is 4.97. The van der Waals surface area contributed by atoms with Gasteiger partial charge in [-0.25, -0.2) is 0 Å².